The number of hydrogen-bond donors (Lipinski definition) is 4. The number of hydrogen-bond acceptors (Lipinski definition) is 15. The smallest absolute Gasteiger partial charge is 0.323 e. The van der Waals surface area contributed by atoms with Crippen LogP contribution in [0.5, 0.6) is 0 Å². The van der Waals surface area contributed by atoms with Gasteiger partial charge in [0.1, 0.15) is 41.7 Å². The molecule has 0 bridgehead atoms. The molecule has 0 spiro atoms. The third-order valence-electron chi connectivity index (χ3n) is 7.05. The molecule has 0 unspecified atom stereocenters. The van der Waals surface area contributed by atoms with Crippen molar-refractivity contribution in [3.8, 4) is 6.07 Å². The van der Waals surface area contributed by atoms with E-state index < -0.39 is 67.8 Å². The minimum absolute atomic E-state index is 0.116. The minimum atomic E-state index is -2.14. The zero-order valence-corrected chi connectivity index (χ0v) is 28.4. The molecule has 6 atom stereocenters. The lowest BCUT2D eigenvalue weighted by molar-refractivity contribution is -0.168. The molecule has 0 aliphatic carbocycles. The van der Waals surface area contributed by atoms with Crippen LogP contribution in [0.4, 0.5) is 5.82 Å². The highest BCUT2D eigenvalue weighted by Crippen LogP contribution is 2.49. The normalized spacial score (nSPS) is 24.4. The zero-order chi connectivity index (χ0) is 34.6. The van der Waals surface area contributed by atoms with Crippen molar-refractivity contribution in [2.75, 3.05) is 12.3 Å². The van der Waals surface area contributed by atoms with Gasteiger partial charge in [-0.15, -0.1) is 0 Å². The molecule has 0 radical (unpaired) electrons. The monoisotopic (exact) mass is 665 g/mol. The molecular formula is C29H44N7O9P. The lowest BCUT2D eigenvalue weighted by atomic mass is 9.80. The van der Waals surface area contributed by atoms with E-state index in [2.05, 4.69) is 26.3 Å². The average Bonchev–Trinajstić information content (AvgIpc) is 3.48. The molecule has 1 fully saturated rings. The Morgan fingerprint density at radius 3 is 2.13 bits per heavy atom. The van der Waals surface area contributed by atoms with Crippen molar-refractivity contribution in [1.29, 1.82) is 5.26 Å². The predicted octanol–water partition coefficient (Wildman–Crippen LogP) is 1.85. The number of aliphatic hydroxyl groups is 1. The van der Waals surface area contributed by atoms with E-state index in [1.54, 1.807) is 61.5 Å². The Bertz CT molecular complexity index is 1410. The van der Waals surface area contributed by atoms with Crippen LogP contribution in [0.1, 0.15) is 68.0 Å². The molecule has 0 saturated carbocycles. The van der Waals surface area contributed by atoms with Gasteiger partial charge in [-0.05, 0) is 60.6 Å². The highest BCUT2D eigenvalue weighted by atomic mass is 31.2. The van der Waals surface area contributed by atoms with Gasteiger partial charge in [-0.2, -0.15) is 10.4 Å². The first-order valence-corrected chi connectivity index (χ1v) is 16.2. The summed E-state index contributed by atoms with van der Waals surface area (Å²) in [7, 11) is -1.99. The number of nitriles is 1. The third kappa shape index (κ3) is 7.91. The first-order chi connectivity index (χ1) is 21.4. The summed E-state index contributed by atoms with van der Waals surface area (Å²) in [6.07, 6.45) is -2.17. The number of esters is 3. The zero-order valence-electron chi connectivity index (χ0n) is 27.5. The molecule has 3 heterocycles. The molecule has 1 saturated heterocycles. The number of nitrogens with zero attached hydrogens (tertiary/aromatic N) is 4. The second-order valence-corrected chi connectivity index (χ2v) is 13.4. The second-order valence-electron chi connectivity index (χ2n) is 12.0. The fourth-order valence-electron chi connectivity index (χ4n) is 4.67. The first-order valence-electron chi connectivity index (χ1n) is 14.9. The van der Waals surface area contributed by atoms with Crippen molar-refractivity contribution in [2.24, 2.45) is 5.92 Å². The molecule has 1 aliphatic heterocycles. The fraction of sp³-hybridized carbons (Fsp3) is 0.655. The number of aromatic nitrogens is 3. The highest BCUT2D eigenvalue weighted by molar-refractivity contribution is 7.48. The molecule has 46 heavy (non-hydrogen) atoms. The van der Waals surface area contributed by atoms with Gasteiger partial charge in [0.2, 0.25) is 5.60 Å². The molecule has 3 rings (SSSR count). The van der Waals surface area contributed by atoms with Gasteiger partial charge in [0, 0.05) is 0 Å². The van der Waals surface area contributed by atoms with Crippen molar-refractivity contribution in [2.45, 2.75) is 110 Å². The first kappa shape index (κ1) is 37.0. The van der Waals surface area contributed by atoms with Crippen molar-refractivity contribution < 1.29 is 43.0 Å². The van der Waals surface area contributed by atoms with E-state index in [1.165, 1.54) is 23.8 Å². The van der Waals surface area contributed by atoms with Crippen LogP contribution < -0.4 is 15.9 Å². The maximum Gasteiger partial charge on any atom is 0.323 e. The summed E-state index contributed by atoms with van der Waals surface area (Å²) >= 11 is 0. The van der Waals surface area contributed by atoms with E-state index in [9.17, 15) is 24.8 Å². The third-order valence-corrected chi connectivity index (χ3v) is 8.70. The van der Waals surface area contributed by atoms with Crippen molar-refractivity contribution in [3.63, 3.8) is 0 Å². The van der Waals surface area contributed by atoms with Crippen LogP contribution in [0.25, 0.3) is 5.52 Å². The van der Waals surface area contributed by atoms with Crippen LogP contribution >= 0.6 is 8.45 Å². The standard InChI is InChI=1S/C29H44N7O9P/c1-15(2)25(37)44-23-21(45-29(13-30,28(23,9)40)22-11-10-20-24(31)32-14-33-36(20)22)12-41-46(34-18(7)26(38)42-16(3)4)35-19(8)27(39)43-17(5)6/h10-11,14-19,21,23,34-35,40H,12H2,1-9H3,(H2,31,32,33)/t18-,19-,21-,23-,28-,29+/m1/s1. The van der Waals surface area contributed by atoms with Crippen LogP contribution in [0.15, 0.2) is 18.5 Å². The molecule has 1 aliphatic rings. The van der Waals surface area contributed by atoms with E-state index in [-0.39, 0.29) is 30.3 Å². The molecule has 5 N–H and O–H groups in total. The Balaban J connectivity index is 1.98. The Morgan fingerprint density at radius 1 is 1.07 bits per heavy atom. The molecule has 254 valence electrons. The molecule has 16 nitrogen and oxygen atoms in total. The maximum absolute atomic E-state index is 12.9. The van der Waals surface area contributed by atoms with Crippen molar-refractivity contribution in [1.82, 2.24) is 24.8 Å². The number of nitrogens with one attached hydrogen (secondary N) is 2. The second kappa shape index (κ2) is 15.0. The van der Waals surface area contributed by atoms with E-state index in [0.717, 1.165) is 0 Å². The van der Waals surface area contributed by atoms with Crippen LogP contribution in [0, 0.1) is 17.2 Å². The molecule has 17 heteroatoms. The summed E-state index contributed by atoms with van der Waals surface area (Å²) in [5.74, 6) is -2.20. The Kier molecular flexibility index (Phi) is 12.0. The summed E-state index contributed by atoms with van der Waals surface area (Å²) in [6.45, 7) is 14.2. The number of rotatable bonds is 14. The van der Waals surface area contributed by atoms with E-state index in [1.807, 2.05) is 0 Å². The number of carbonyl (C=O) groups excluding carboxylic acids is 3. The summed E-state index contributed by atoms with van der Waals surface area (Å²) in [4.78, 5) is 42.0. The Hall–Kier alpha value is -3.45. The topological polar surface area (TPSA) is 222 Å². The number of ether oxygens (including phenoxy) is 4. The average molecular weight is 666 g/mol. The minimum Gasteiger partial charge on any atom is -0.462 e. The Labute approximate surface area is 269 Å². The van der Waals surface area contributed by atoms with Crippen LogP contribution in [0.2, 0.25) is 0 Å². The van der Waals surface area contributed by atoms with E-state index >= 15 is 0 Å². The molecular weight excluding hydrogens is 621 g/mol. The summed E-state index contributed by atoms with van der Waals surface area (Å²) in [5.41, 5.74) is 2.22. The van der Waals surface area contributed by atoms with Crippen LogP contribution in [0.3, 0.4) is 0 Å². The quantitative estimate of drug-likeness (QED) is 0.128. The fourth-order valence-corrected chi connectivity index (χ4v) is 6.10. The summed E-state index contributed by atoms with van der Waals surface area (Å²) < 4.78 is 30.1. The van der Waals surface area contributed by atoms with Gasteiger partial charge in [0.15, 0.2) is 20.4 Å². The molecule has 0 amide bonds. The van der Waals surface area contributed by atoms with E-state index in [0.29, 0.717) is 5.52 Å². The lowest BCUT2D eigenvalue weighted by Gasteiger charge is -2.34. The van der Waals surface area contributed by atoms with Gasteiger partial charge in [-0.1, -0.05) is 13.8 Å². The largest absolute Gasteiger partial charge is 0.462 e. The number of nitrogens with two attached hydrogens (primary N) is 1. The number of carbonyl (C=O) groups is 3. The molecule has 2 aromatic rings. The molecule has 0 aromatic carbocycles. The van der Waals surface area contributed by atoms with Gasteiger partial charge in [-0.3, -0.25) is 14.4 Å². The number of fused-ring (bicyclic) bond motifs is 1. The SMILES string of the molecule is CC(C)OC(=O)[C@@H](C)NP(N[C@H](C)C(=O)OC(C)C)OC[C@H]1O[C@@](C#N)(c2ccc3c(N)ncnn23)[C@](C)(O)[C@@H]1OC(=O)C(C)C. The molecule has 2 aromatic heterocycles. The van der Waals surface area contributed by atoms with Gasteiger partial charge < -0.3 is 34.3 Å². The van der Waals surface area contributed by atoms with Crippen LogP contribution in [-0.4, -0.2) is 86.3 Å². The van der Waals surface area contributed by atoms with Crippen molar-refractivity contribution >= 4 is 37.7 Å². The van der Waals surface area contributed by atoms with Gasteiger partial charge in [0.05, 0.1) is 30.4 Å². The van der Waals surface area contributed by atoms with Crippen molar-refractivity contribution in [3.05, 3.63) is 24.2 Å². The van der Waals surface area contributed by atoms with Gasteiger partial charge in [-0.25, -0.2) is 19.7 Å². The predicted molar refractivity (Wildman–Crippen MR) is 165 cm³/mol. The number of anilines is 1. The lowest BCUT2D eigenvalue weighted by Crippen LogP contribution is -2.54. The Morgan fingerprint density at radius 2 is 1.63 bits per heavy atom. The summed E-state index contributed by atoms with van der Waals surface area (Å²) in [5, 5.41) is 32.8. The highest BCUT2D eigenvalue weighted by Gasteiger charge is 2.67. The number of nitrogen functional groups attached to an aromatic ring is 1. The van der Waals surface area contributed by atoms with Gasteiger partial charge in [0.25, 0.3) is 0 Å². The maximum atomic E-state index is 12.9. The van der Waals surface area contributed by atoms with E-state index in [4.69, 9.17) is 29.2 Å². The van der Waals surface area contributed by atoms with Crippen LogP contribution in [-0.2, 0) is 43.5 Å². The van der Waals surface area contributed by atoms with Gasteiger partial charge >= 0.3 is 17.9 Å². The summed E-state index contributed by atoms with van der Waals surface area (Å²) in [6, 6.07) is 3.43.